The number of nitrogens with zero attached hydrogens (tertiary/aromatic N) is 3. The molecule has 0 aliphatic heterocycles. The molecule has 0 spiro atoms. The predicted molar refractivity (Wildman–Crippen MR) is 205 cm³/mol. The van der Waals surface area contributed by atoms with Crippen LogP contribution in [0, 0.1) is 0 Å². The van der Waals surface area contributed by atoms with Gasteiger partial charge in [-0.15, -0.1) is 0 Å². The van der Waals surface area contributed by atoms with Crippen LogP contribution in [0.1, 0.15) is 0 Å². The summed E-state index contributed by atoms with van der Waals surface area (Å²) >= 11 is 0. The van der Waals surface area contributed by atoms with Gasteiger partial charge < -0.3 is 4.57 Å². The lowest BCUT2D eigenvalue weighted by Gasteiger charge is -2.14. The molecule has 3 aromatic heterocycles. The van der Waals surface area contributed by atoms with Gasteiger partial charge in [-0.25, -0.2) is 0 Å². The minimum atomic E-state index is 0.979. The lowest BCUT2D eigenvalue weighted by Crippen LogP contribution is -1.96. The Balaban J connectivity index is 1.21. The van der Waals surface area contributed by atoms with Crippen molar-refractivity contribution < 1.29 is 0 Å². The molecule has 0 saturated carbocycles. The van der Waals surface area contributed by atoms with E-state index in [9.17, 15) is 0 Å². The molecule has 0 fully saturated rings. The number of pyridine rings is 2. The smallest absolute Gasteiger partial charge is 0.0702 e. The fourth-order valence-corrected chi connectivity index (χ4v) is 7.50. The maximum absolute atomic E-state index is 4.62. The van der Waals surface area contributed by atoms with E-state index < -0.39 is 0 Å². The number of hydrogen-bond donors (Lipinski definition) is 0. The zero-order chi connectivity index (χ0) is 32.3. The molecule has 3 nitrogen and oxygen atoms in total. The standard InChI is InChI=1S/C46H29N3/c1-2-10-39-30(7-1)8-5-12-44(39)49-45-28-35(33-14-13-32-26-34(16-15-31(32)25-33)38-9-6-23-47-29-38)17-21-41(45)42-22-18-36-27-37(19-20-40(36)46(42)49)43-11-3-4-24-48-43/h1-29H. The van der Waals surface area contributed by atoms with Crippen LogP contribution in [-0.2, 0) is 0 Å². The molecule has 0 bridgehead atoms. The highest BCUT2D eigenvalue weighted by atomic mass is 15.0. The van der Waals surface area contributed by atoms with Crippen LogP contribution in [0.3, 0.4) is 0 Å². The minimum absolute atomic E-state index is 0.979. The average Bonchev–Trinajstić information content (AvgIpc) is 3.51. The molecule has 49 heavy (non-hydrogen) atoms. The lowest BCUT2D eigenvalue weighted by molar-refractivity contribution is 1.20. The van der Waals surface area contributed by atoms with Gasteiger partial charge in [-0.2, -0.15) is 0 Å². The largest absolute Gasteiger partial charge is 0.308 e. The van der Waals surface area contributed by atoms with Gasteiger partial charge in [0.2, 0.25) is 0 Å². The van der Waals surface area contributed by atoms with E-state index in [1.807, 2.05) is 36.8 Å². The van der Waals surface area contributed by atoms with Crippen molar-refractivity contribution in [1.29, 1.82) is 0 Å². The molecule has 0 unspecified atom stereocenters. The summed E-state index contributed by atoms with van der Waals surface area (Å²) in [5.74, 6) is 0. The second kappa shape index (κ2) is 11.0. The molecular weight excluding hydrogens is 595 g/mol. The van der Waals surface area contributed by atoms with Gasteiger partial charge in [0.1, 0.15) is 0 Å². The van der Waals surface area contributed by atoms with Crippen LogP contribution >= 0.6 is 0 Å². The van der Waals surface area contributed by atoms with E-state index in [2.05, 4.69) is 154 Å². The SMILES string of the molecule is c1ccc(-c2ccc3c(ccc4c5ccc(-c6ccc7cc(-c8cccnc8)ccc7c6)cc5n(-c5cccc6ccccc56)c34)c2)nc1. The maximum atomic E-state index is 4.62. The van der Waals surface area contributed by atoms with E-state index >= 15 is 0 Å². The van der Waals surface area contributed by atoms with E-state index in [4.69, 9.17) is 0 Å². The Bertz CT molecular complexity index is 2860. The zero-order valence-electron chi connectivity index (χ0n) is 26.6. The number of aromatic nitrogens is 3. The summed E-state index contributed by atoms with van der Waals surface area (Å²) in [6.45, 7) is 0. The van der Waals surface area contributed by atoms with Crippen LogP contribution in [0.5, 0.6) is 0 Å². The van der Waals surface area contributed by atoms with Gasteiger partial charge in [0.15, 0.2) is 0 Å². The van der Waals surface area contributed by atoms with Crippen molar-refractivity contribution in [2.24, 2.45) is 0 Å². The van der Waals surface area contributed by atoms with Gasteiger partial charge in [0.05, 0.1) is 22.4 Å². The van der Waals surface area contributed by atoms with Crippen molar-refractivity contribution in [3.8, 4) is 39.2 Å². The topological polar surface area (TPSA) is 30.7 Å². The molecule has 10 rings (SSSR count). The van der Waals surface area contributed by atoms with E-state index in [0.717, 1.165) is 16.8 Å². The summed E-state index contributed by atoms with van der Waals surface area (Å²) in [6, 6.07) is 57.2. The third-order valence-corrected chi connectivity index (χ3v) is 9.88. The molecule has 0 atom stereocenters. The quantitative estimate of drug-likeness (QED) is 0.195. The van der Waals surface area contributed by atoms with Crippen molar-refractivity contribution in [2.45, 2.75) is 0 Å². The highest BCUT2D eigenvalue weighted by Gasteiger charge is 2.18. The number of rotatable bonds is 4. The van der Waals surface area contributed by atoms with Gasteiger partial charge in [-0.3, -0.25) is 9.97 Å². The summed E-state index contributed by atoms with van der Waals surface area (Å²) < 4.78 is 2.49. The van der Waals surface area contributed by atoms with E-state index in [1.54, 1.807) is 0 Å². The molecule has 0 N–H and O–H groups in total. The second-order valence-electron chi connectivity index (χ2n) is 12.7. The van der Waals surface area contributed by atoms with Gasteiger partial charge in [0, 0.05) is 51.3 Å². The van der Waals surface area contributed by atoms with Crippen LogP contribution in [-0.4, -0.2) is 14.5 Å². The van der Waals surface area contributed by atoms with Crippen molar-refractivity contribution in [3.05, 3.63) is 176 Å². The molecule has 10 aromatic rings. The van der Waals surface area contributed by atoms with Crippen molar-refractivity contribution in [2.75, 3.05) is 0 Å². The Morgan fingerprint density at radius 2 is 1.08 bits per heavy atom. The zero-order valence-corrected chi connectivity index (χ0v) is 26.6. The predicted octanol–water partition coefficient (Wildman–Crippen LogP) is 12.0. The Labute approximate surface area is 283 Å². The summed E-state index contributed by atoms with van der Waals surface area (Å²) in [5, 5.41) is 9.79. The Hall–Kier alpha value is -6.58. The van der Waals surface area contributed by atoms with Gasteiger partial charge >= 0.3 is 0 Å². The molecule has 0 aliphatic rings. The van der Waals surface area contributed by atoms with Crippen molar-refractivity contribution in [1.82, 2.24) is 14.5 Å². The van der Waals surface area contributed by atoms with Crippen LogP contribution in [0.2, 0.25) is 0 Å². The number of fused-ring (bicyclic) bond motifs is 7. The number of hydrogen-bond acceptors (Lipinski definition) is 2. The first-order valence-electron chi connectivity index (χ1n) is 16.6. The molecule has 0 radical (unpaired) electrons. The molecule has 3 heterocycles. The van der Waals surface area contributed by atoms with Crippen molar-refractivity contribution in [3.63, 3.8) is 0 Å². The average molecular weight is 624 g/mol. The summed E-state index contributed by atoms with van der Waals surface area (Å²) in [7, 11) is 0. The molecule has 0 aliphatic carbocycles. The summed E-state index contributed by atoms with van der Waals surface area (Å²) in [4.78, 5) is 8.93. The highest BCUT2D eigenvalue weighted by Crippen LogP contribution is 2.41. The van der Waals surface area contributed by atoms with Gasteiger partial charge in [-0.1, -0.05) is 109 Å². The summed E-state index contributed by atoms with van der Waals surface area (Å²) in [6.07, 6.45) is 5.59. The molecule has 228 valence electrons. The van der Waals surface area contributed by atoms with Crippen LogP contribution < -0.4 is 0 Å². The molecular formula is C46H29N3. The fraction of sp³-hybridized carbons (Fsp3) is 0. The lowest BCUT2D eigenvalue weighted by atomic mass is 9.97. The van der Waals surface area contributed by atoms with E-state index in [1.165, 1.54) is 76.5 Å². The molecule has 0 saturated heterocycles. The molecule has 0 amide bonds. The third-order valence-electron chi connectivity index (χ3n) is 9.88. The van der Waals surface area contributed by atoms with Crippen LogP contribution in [0.4, 0.5) is 0 Å². The van der Waals surface area contributed by atoms with E-state index in [0.29, 0.717) is 0 Å². The Morgan fingerprint density at radius 1 is 0.388 bits per heavy atom. The summed E-state index contributed by atoms with van der Waals surface area (Å²) in [5.41, 5.74) is 10.4. The monoisotopic (exact) mass is 623 g/mol. The van der Waals surface area contributed by atoms with E-state index in [-0.39, 0.29) is 0 Å². The Kier molecular flexibility index (Phi) is 6.18. The van der Waals surface area contributed by atoms with Gasteiger partial charge in [0.25, 0.3) is 0 Å². The van der Waals surface area contributed by atoms with Gasteiger partial charge in [-0.05, 0) is 86.8 Å². The van der Waals surface area contributed by atoms with Crippen LogP contribution in [0.15, 0.2) is 176 Å². The maximum Gasteiger partial charge on any atom is 0.0702 e. The number of benzene rings is 7. The highest BCUT2D eigenvalue weighted by molar-refractivity contribution is 6.20. The first-order valence-corrected chi connectivity index (χ1v) is 16.6. The fourth-order valence-electron chi connectivity index (χ4n) is 7.50. The molecule has 7 aromatic carbocycles. The molecule has 3 heteroatoms. The Morgan fingerprint density at radius 3 is 1.92 bits per heavy atom. The first-order chi connectivity index (χ1) is 24.3. The first kappa shape index (κ1) is 27.5. The third kappa shape index (κ3) is 4.51. The van der Waals surface area contributed by atoms with Crippen molar-refractivity contribution >= 4 is 54.1 Å². The normalized spacial score (nSPS) is 11.7. The second-order valence-corrected chi connectivity index (χ2v) is 12.7. The van der Waals surface area contributed by atoms with Crippen LogP contribution in [0.25, 0.3) is 93.3 Å². The minimum Gasteiger partial charge on any atom is -0.308 e.